The highest BCUT2D eigenvalue weighted by Crippen LogP contribution is 2.23. The Hall–Kier alpha value is -1.55. The van der Waals surface area contributed by atoms with Crippen molar-refractivity contribution in [2.75, 3.05) is 20.3 Å². The van der Waals surface area contributed by atoms with Crippen LogP contribution in [0.4, 0.5) is 0 Å². The lowest BCUT2D eigenvalue weighted by atomic mass is 9.98. The Balaban J connectivity index is 2.68. The number of benzene rings is 1. The summed E-state index contributed by atoms with van der Waals surface area (Å²) < 4.78 is 10.4. The van der Waals surface area contributed by atoms with Gasteiger partial charge < -0.3 is 14.8 Å². The van der Waals surface area contributed by atoms with Gasteiger partial charge in [0.2, 0.25) is 0 Å². The van der Waals surface area contributed by atoms with Crippen molar-refractivity contribution < 1.29 is 14.3 Å². The zero-order valence-electron chi connectivity index (χ0n) is 13.0. The maximum Gasteiger partial charge on any atom is 0.326 e. The fraction of sp³-hybridized carbons (Fsp3) is 0.562. The Bertz CT molecular complexity index is 443. The van der Waals surface area contributed by atoms with Crippen LogP contribution in [0, 0.1) is 6.92 Å². The molecule has 0 fully saturated rings. The largest absolute Gasteiger partial charge is 0.491 e. The Morgan fingerprint density at radius 1 is 1.35 bits per heavy atom. The number of methoxy groups -OCH3 is 1. The van der Waals surface area contributed by atoms with Gasteiger partial charge in [0.25, 0.3) is 0 Å². The molecule has 0 spiro atoms. The molecule has 0 saturated heterocycles. The number of rotatable bonds is 7. The van der Waals surface area contributed by atoms with Gasteiger partial charge in [-0.1, -0.05) is 26.8 Å². The van der Waals surface area contributed by atoms with Crippen LogP contribution < -0.4 is 10.1 Å². The van der Waals surface area contributed by atoms with Crippen LogP contribution in [0.25, 0.3) is 0 Å². The van der Waals surface area contributed by atoms with E-state index >= 15 is 0 Å². The second-order valence-corrected chi connectivity index (χ2v) is 5.12. The van der Waals surface area contributed by atoms with Gasteiger partial charge in [0.1, 0.15) is 18.4 Å². The number of carbonyl (C=O) groups is 1. The van der Waals surface area contributed by atoms with E-state index in [1.54, 1.807) is 0 Å². The summed E-state index contributed by atoms with van der Waals surface area (Å²) in [5, 5.41) is 3.05. The summed E-state index contributed by atoms with van der Waals surface area (Å²) in [6, 6.07) is 5.60. The number of nitrogens with one attached hydrogen (secondary N) is 1. The Morgan fingerprint density at radius 3 is 2.55 bits per heavy atom. The molecule has 4 nitrogen and oxygen atoms in total. The minimum atomic E-state index is -0.435. The molecular weight excluding hydrogens is 254 g/mol. The van der Waals surface area contributed by atoms with Gasteiger partial charge in [-0.05, 0) is 42.6 Å². The summed E-state index contributed by atoms with van der Waals surface area (Å²) in [7, 11) is 1.38. The van der Waals surface area contributed by atoms with Gasteiger partial charge in [-0.3, -0.25) is 4.79 Å². The Labute approximate surface area is 121 Å². The number of esters is 1. The van der Waals surface area contributed by atoms with E-state index in [4.69, 9.17) is 9.47 Å². The second-order valence-electron chi connectivity index (χ2n) is 5.12. The molecule has 0 radical (unpaired) electrons. The van der Waals surface area contributed by atoms with Crippen LogP contribution in [0.1, 0.15) is 37.8 Å². The van der Waals surface area contributed by atoms with Crippen molar-refractivity contribution in [2.24, 2.45) is 0 Å². The highest BCUT2D eigenvalue weighted by atomic mass is 16.5. The molecule has 0 aliphatic carbocycles. The first-order chi connectivity index (χ1) is 9.49. The number of likely N-dealkylation sites (N-methyl/N-ethyl adjacent to an activating group) is 1. The fourth-order valence-corrected chi connectivity index (χ4v) is 2.16. The molecule has 112 valence electrons. The van der Waals surface area contributed by atoms with Crippen molar-refractivity contribution in [1.29, 1.82) is 0 Å². The Kier molecular flexibility index (Phi) is 6.52. The molecule has 1 unspecified atom stereocenters. The number of hydrogen-bond donors (Lipinski definition) is 1. The first-order valence-electron chi connectivity index (χ1n) is 7.04. The predicted octanol–water partition coefficient (Wildman–Crippen LogP) is 2.65. The molecule has 0 aliphatic rings. The molecule has 0 heterocycles. The van der Waals surface area contributed by atoms with Crippen LogP contribution in [-0.2, 0) is 9.53 Å². The highest BCUT2D eigenvalue weighted by Gasteiger charge is 2.18. The van der Waals surface area contributed by atoms with Crippen LogP contribution in [0.5, 0.6) is 5.75 Å². The quantitative estimate of drug-likeness (QED) is 0.780. The minimum absolute atomic E-state index is 0.265. The summed E-state index contributed by atoms with van der Waals surface area (Å²) in [6.07, 6.45) is 0. The third-order valence-corrected chi connectivity index (χ3v) is 3.22. The molecule has 0 aliphatic heterocycles. The molecule has 0 saturated carbocycles. The fourth-order valence-electron chi connectivity index (χ4n) is 2.16. The maximum absolute atomic E-state index is 11.6. The van der Waals surface area contributed by atoms with E-state index < -0.39 is 6.04 Å². The lowest BCUT2D eigenvalue weighted by molar-refractivity contribution is -0.143. The molecule has 0 bridgehead atoms. The van der Waals surface area contributed by atoms with Gasteiger partial charge in [-0.2, -0.15) is 0 Å². The first-order valence-corrected chi connectivity index (χ1v) is 7.04. The van der Waals surface area contributed by atoms with Crippen LogP contribution in [-0.4, -0.2) is 32.3 Å². The van der Waals surface area contributed by atoms with Gasteiger partial charge in [0.15, 0.2) is 0 Å². The van der Waals surface area contributed by atoms with Crippen molar-refractivity contribution in [3.05, 3.63) is 29.3 Å². The average Bonchev–Trinajstić information content (AvgIpc) is 2.42. The number of aryl methyl sites for hydroxylation is 1. The van der Waals surface area contributed by atoms with Crippen molar-refractivity contribution in [1.82, 2.24) is 5.32 Å². The molecule has 0 aromatic heterocycles. The normalized spacial score (nSPS) is 12.3. The molecule has 1 aromatic carbocycles. The summed E-state index contributed by atoms with van der Waals surface area (Å²) in [5.74, 6) is 0.967. The standard InChI is InChI=1S/C16H25NO3/c1-6-17-15(16(18)19-5)10-20-13-7-8-14(11(2)3)12(4)9-13/h7-9,11,15,17H,6,10H2,1-5H3. The molecule has 20 heavy (non-hydrogen) atoms. The van der Waals surface area contributed by atoms with Gasteiger partial charge >= 0.3 is 5.97 Å². The minimum Gasteiger partial charge on any atom is -0.491 e. The Morgan fingerprint density at radius 2 is 2.05 bits per heavy atom. The van der Waals surface area contributed by atoms with Crippen molar-refractivity contribution in [3.8, 4) is 5.75 Å². The monoisotopic (exact) mass is 279 g/mol. The van der Waals surface area contributed by atoms with Gasteiger partial charge in [-0.15, -0.1) is 0 Å². The van der Waals surface area contributed by atoms with Gasteiger partial charge in [-0.25, -0.2) is 0 Å². The molecular formula is C16H25NO3. The first kappa shape index (κ1) is 16.5. The third kappa shape index (κ3) is 4.53. The van der Waals surface area contributed by atoms with E-state index in [1.165, 1.54) is 18.2 Å². The van der Waals surface area contributed by atoms with E-state index in [-0.39, 0.29) is 12.6 Å². The molecule has 0 amide bonds. The molecule has 1 atom stereocenters. The van der Waals surface area contributed by atoms with Gasteiger partial charge in [0.05, 0.1) is 7.11 Å². The summed E-state index contributed by atoms with van der Waals surface area (Å²) >= 11 is 0. The molecule has 4 heteroatoms. The molecule has 1 N–H and O–H groups in total. The lowest BCUT2D eigenvalue weighted by Gasteiger charge is -2.17. The maximum atomic E-state index is 11.6. The van der Waals surface area contributed by atoms with Gasteiger partial charge in [0, 0.05) is 0 Å². The van der Waals surface area contributed by atoms with E-state index in [0.717, 1.165) is 5.75 Å². The SMILES string of the molecule is CCNC(COc1ccc(C(C)C)c(C)c1)C(=O)OC. The van der Waals surface area contributed by atoms with Crippen molar-refractivity contribution >= 4 is 5.97 Å². The highest BCUT2D eigenvalue weighted by molar-refractivity contribution is 5.75. The second kappa shape index (κ2) is 7.90. The predicted molar refractivity (Wildman–Crippen MR) is 80.2 cm³/mol. The van der Waals surface area contributed by atoms with Crippen LogP contribution >= 0.6 is 0 Å². The topological polar surface area (TPSA) is 47.6 Å². The molecule has 1 rings (SSSR count). The number of ether oxygens (including phenoxy) is 2. The number of hydrogen-bond acceptors (Lipinski definition) is 4. The molecule has 1 aromatic rings. The van der Waals surface area contributed by atoms with Crippen LogP contribution in [0.3, 0.4) is 0 Å². The summed E-state index contributed by atoms with van der Waals surface area (Å²) in [4.78, 5) is 11.6. The average molecular weight is 279 g/mol. The van der Waals surface area contributed by atoms with E-state index in [0.29, 0.717) is 12.5 Å². The van der Waals surface area contributed by atoms with E-state index in [2.05, 4.69) is 32.2 Å². The van der Waals surface area contributed by atoms with Crippen molar-refractivity contribution in [3.63, 3.8) is 0 Å². The summed E-state index contributed by atoms with van der Waals surface area (Å²) in [6.45, 7) is 9.31. The van der Waals surface area contributed by atoms with Crippen molar-refractivity contribution in [2.45, 2.75) is 39.7 Å². The van der Waals surface area contributed by atoms with Crippen LogP contribution in [0.15, 0.2) is 18.2 Å². The lowest BCUT2D eigenvalue weighted by Crippen LogP contribution is -2.42. The third-order valence-electron chi connectivity index (χ3n) is 3.22. The zero-order chi connectivity index (χ0) is 15.1. The number of carbonyl (C=O) groups excluding carboxylic acids is 1. The van der Waals surface area contributed by atoms with E-state index in [1.807, 2.05) is 19.1 Å². The van der Waals surface area contributed by atoms with E-state index in [9.17, 15) is 4.79 Å². The zero-order valence-corrected chi connectivity index (χ0v) is 13.0. The van der Waals surface area contributed by atoms with Crippen LogP contribution in [0.2, 0.25) is 0 Å². The summed E-state index contributed by atoms with van der Waals surface area (Å²) in [5.41, 5.74) is 2.52. The smallest absolute Gasteiger partial charge is 0.326 e.